The lowest BCUT2D eigenvalue weighted by molar-refractivity contribution is 0.507. The maximum atomic E-state index is 11.7. The van der Waals surface area contributed by atoms with Gasteiger partial charge >= 0.3 is 5.76 Å². The minimum absolute atomic E-state index is 0.274. The molecule has 2 aromatic rings. The van der Waals surface area contributed by atoms with Crippen LogP contribution in [0.5, 0.6) is 0 Å². The lowest BCUT2D eigenvalue weighted by Crippen LogP contribution is -2.21. The highest BCUT2D eigenvalue weighted by atomic mass is 16.4. The van der Waals surface area contributed by atoms with E-state index in [4.69, 9.17) is 4.42 Å². The van der Waals surface area contributed by atoms with Crippen LogP contribution in [0.2, 0.25) is 0 Å². The van der Waals surface area contributed by atoms with Crippen LogP contribution in [0.25, 0.3) is 11.1 Å². The van der Waals surface area contributed by atoms with Crippen molar-refractivity contribution in [2.75, 3.05) is 6.54 Å². The molecule has 1 unspecified atom stereocenters. The second kappa shape index (κ2) is 6.06. The Bertz CT molecular complexity index is 598. The molecule has 0 fully saturated rings. The summed E-state index contributed by atoms with van der Waals surface area (Å²) in [5.41, 5.74) is 2.74. The molecule has 0 saturated carbocycles. The minimum atomic E-state index is -0.274. The second-order valence-electron chi connectivity index (χ2n) is 4.75. The van der Waals surface area contributed by atoms with Gasteiger partial charge in [-0.1, -0.05) is 19.9 Å². The van der Waals surface area contributed by atoms with Gasteiger partial charge < -0.3 is 9.73 Å². The van der Waals surface area contributed by atoms with Gasteiger partial charge in [0.15, 0.2) is 5.58 Å². The minimum Gasteiger partial charge on any atom is -0.408 e. The quantitative estimate of drug-likeness (QED) is 0.870. The molecule has 4 heteroatoms. The predicted octanol–water partition coefficient (Wildman–Crippen LogP) is 3.07. The molecular formula is C15H22N2O2. The zero-order chi connectivity index (χ0) is 13.8. The Morgan fingerprint density at radius 2 is 2.11 bits per heavy atom. The number of hydrogen-bond donors (Lipinski definition) is 1. The SMILES string of the molecule is CCCNC(CC)c1ccc2c(c1)oc(=O)n2CC. The third kappa shape index (κ3) is 2.73. The number of fused-ring (bicyclic) bond motifs is 1. The van der Waals surface area contributed by atoms with Gasteiger partial charge in [0.05, 0.1) is 5.52 Å². The molecule has 0 bridgehead atoms. The summed E-state index contributed by atoms with van der Waals surface area (Å²) >= 11 is 0. The fraction of sp³-hybridized carbons (Fsp3) is 0.533. The first-order chi connectivity index (χ1) is 9.21. The number of benzene rings is 1. The predicted molar refractivity (Wildman–Crippen MR) is 77.5 cm³/mol. The lowest BCUT2D eigenvalue weighted by Gasteiger charge is -2.16. The molecule has 0 spiro atoms. The summed E-state index contributed by atoms with van der Waals surface area (Å²) in [5, 5.41) is 3.51. The molecule has 0 saturated heterocycles. The monoisotopic (exact) mass is 262 g/mol. The molecule has 0 aliphatic carbocycles. The van der Waals surface area contributed by atoms with Gasteiger partial charge in [-0.3, -0.25) is 4.57 Å². The van der Waals surface area contributed by atoms with Crippen LogP contribution in [0.3, 0.4) is 0 Å². The Hall–Kier alpha value is -1.55. The van der Waals surface area contributed by atoms with Crippen LogP contribution in [-0.2, 0) is 6.54 Å². The van der Waals surface area contributed by atoms with E-state index in [1.54, 1.807) is 4.57 Å². The van der Waals surface area contributed by atoms with Gasteiger partial charge in [-0.25, -0.2) is 4.79 Å². The van der Waals surface area contributed by atoms with Crippen molar-refractivity contribution < 1.29 is 4.42 Å². The first-order valence-electron chi connectivity index (χ1n) is 7.07. The third-order valence-corrected chi connectivity index (χ3v) is 3.46. The molecule has 1 N–H and O–H groups in total. The third-order valence-electron chi connectivity index (χ3n) is 3.46. The summed E-state index contributed by atoms with van der Waals surface area (Å²) in [6.45, 7) is 7.89. The van der Waals surface area contributed by atoms with E-state index in [0.717, 1.165) is 24.9 Å². The van der Waals surface area contributed by atoms with Crippen LogP contribution >= 0.6 is 0 Å². The van der Waals surface area contributed by atoms with Crippen LogP contribution in [0, 0.1) is 0 Å². The summed E-state index contributed by atoms with van der Waals surface area (Å²) in [6, 6.07) is 6.37. The van der Waals surface area contributed by atoms with Gasteiger partial charge in [0.1, 0.15) is 0 Å². The number of hydrogen-bond acceptors (Lipinski definition) is 3. The molecule has 0 aliphatic heterocycles. The Labute approximate surface area is 113 Å². The van der Waals surface area contributed by atoms with E-state index < -0.39 is 0 Å². The molecule has 1 atom stereocenters. The Morgan fingerprint density at radius 1 is 1.32 bits per heavy atom. The molecule has 4 nitrogen and oxygen atoms in total. The van der Waals surface area contributed by atoms with Crippen LogP contribution in [0.4, 0.5) is 0 Å². The first kappa shape index (κ1) is 13.9. The Morgan fingerprint density at radius 3 is 2.74 bits per heavy atom. The molecule has 1 aromatic heterocycles. The number of aromatic nitrogens is 1. The number of aryl methyl sites for hydroxylation is 1. The zero-order valence-electron chi connectivity index (χ0n) is 11.9. The highest BCUT2D eigenvalue weighted by Gasteiger charge is 2.12. The Balaban J connectivity index is 2.38. The highest BCUT2D eigenvalue weighted by molar-refractivity contribution is 5.73. The second-order valence-corrected chi connectivity index (χ2v) is 4.75. The van der Waals surface area contributed by atoms with Gasteiger partial charge in [0.25, 0.3) is 0 Å². The molecule has 0 aliphatic rings. The fourth-order valence-corrected chi connectivity index (χ4v) is 2.42. The summed E-state index contributed by atoms with van der Waals surface area (Å²) in [5.74, 6) is -0.274. The molecule has 0 amide bonds. The van der Waals surface area contributed by atoms with E-state index >= 15 is 0 Å². The van der Waals surface area contributed by atoms with Gasteiger partial charge in [-0.15, -0.1) is 0 Å². The fourth-order valence-electron chi connectivity index (χ4n) is 2.42. The molecule has 2 rings (SSSR count). The summed E-state index contributed by atoms with van der Waals surface area (Å²) in [6.07, 6.45) is 2.13. The molecule has 1 heterocycles. The van der Waals surface area contributed by atoms with E-state index in [-0.39, 0.29) is 5.76 Å². The van der Waals surface area contributed by atoms with Gasteiger partial charge in [0, 0.05) is 12.6 Å². The number of rotatable bonds is 6. The largest absolute Gasteiger partial charge is 0.419 e. The Kier molecular flexibility index (Phi) is 4.43. The maximum absolute atomic E-state index is 11.7. The van der Waals surface area contributed by atoms with E-state index in [0.29, 0.717) is 18.2 Å². The summed E-state index contributed by atoms with van der Waals surface area (Å²) < 4.78 is 6.96. The molecular weight excluding hydrogens is 240 g/mol. The summed E-state index contributed by atoms with van der Waals surface area (Å²) in [4.78, 5) is 11.7. The maximum Gasteiger partial charge on any atom is 0.419 e. The van der Waals surface area contributed by atoms with Crippen molar-refractivity contribution in [3.05, 3.63) is 34.3 Å². The standard InChI is InChI=1S/C15H22N2O2/c1-4-9-16-12(5-2)11-7-8-13-14(10-11)19-15(18)17(13)6-3/h7-8,10,12,16H,4-6,9H2,1-3H3. The van der Waals surface area contributed by atoms with Crippen LogP contribution in [-0.4, -0.2) is 11.1 Å². The van der Waals surface area contributed by atoms with Crippen molar-refractivity contribution in [2.24, 2.45) is 0 Å². The molecule has 104 valence electrons. The highest BCUT2D eigenvalue weighted by Crippen LogP contribution is 2.22. The van der Waals surface area contributed by atoms with E-state index in [2.05, 4.69) is 25.2 Å². The van der Waals surface area contributed by atoms with Crippen molar-refractivity contribution in [2.45, 2.75) is 46.2 Å². The summed E-state index contributed by atoms with van der Waals surface area (Å²) in [7, 11) is 0. The number of oxazole rings is 1. The topological polar surface area (TPSA) is 47.2 Å². The smallest absolute Gasteiger partial charge is 0.408 e. The molecule has 0 radical (unpaired) electrons. The van der Waals surface area contributed by atoms with Crippen molar-refractivity contribution in [1.29, 1.82) is 0 Å². The molecule has 19 heavy (non-hydrogen) atoms. The normalized spacial score (nSPS) is 13.0. The van der Waals surface area contributed by atoms with Crippen molar-refractivity contribution in [3.63, 3.8) is 0 Å². The van der Waals surface area contributed by atoms with E-state index in [1.807, 2.05) is 19.1 Å². The zero-order valence-corrected chi connectivity index (χ0v) is 11.9. The van der Waals surface area contributed by atoms with Crippen molar-refractivity contribution in [1.82, 2.24) is 9.88 Å². The van der Waals surface area contributed by atoms with Gasteiger partial charge in [-0.2, -0.15) is 0 Å². The van der Waals surface area contributed by atoms with Gasteiger partial charge in [-0.05, 0) is 44.0 Å². The van der Waals surface area contributed by atoms with E-state index in [9.17, 15) is 4.79 Å². The molecule has 1 aromatic carbocycles. The van der Waals surface area contributed by atoms with Crippen LogP contribution in [0.1, 0.15) is 45.2 Å². The number of nitrogens with zero attached hydrogens (tertiary/aromatic N) is 1. The average Bonchev–Trinajstić information content (AvgIpc) is 2.74. The van der Waals surface area contributed by atoms with Crippen molar-refractivity contribution >= 4 is 11.1 Å². The van der Waals surface area contributed by atoms with E-state index in [1.165, 1.54) is 5.56 Å². The first-order valence-corrected chi connectivity index (χ1v) is 7.07. The van der Waals surface area contributed by atoms with Crippen LogP contribution in [0.15, 0.2) is 27.4 Å². The number of nitrogens with one attached hydrogen (secondary N) is 1. The van der Waals surface area contributed by atoms with Crippen molar-refractivity contribution in [3.8, 4) is 0 Å². The van der Waals surface area contributed by atoms with Crippen LogP contribution < -0.4 is 11.1 Å². The lowest BCUT2D eigenvalue weighted by atomic mass is 10.0. The van der Waals surface area contributed by atoms with Gasteiger partial charge in [0.2, 0.25) is 0 Å². The average molecular weight is 262 g/mol.